The summed E-state index contributed by atoms with van der Waals surface area (Å²) in [5.41, 5.74) is 0. The van der Waals surface area contributed by atoms with Crippen LogP contribution in [0.5, 0.6) is 0 Å². The summed E-state index contributed by atoms with van der Waals surface area (Å²) in [6.07, 6.45) is -1.07. The molecule has 6 aliphatic heterocycles. The fourth-order valence-corrected chi connectivity index (χ4v) is 13.4. The van der Waals surface area contributed by atoms with Gasteiger partial charge in [0.1, 0.15) is 36.6 Å². The summed E-state index contributed by atoms with van der Waals surface area (Å²) in [6.45, 7) is 31.7. The van der Waals surface area contributed by atoms with E-state index in [0.29, 0.717) is 19.8 Å². The van der Waals surface area contributed by atoms with Gasteiger partial charge in [-0.25, -0.2) is 0 Å². The highest BCUT2D eigenvalue weighted by atomic mass is 16.6. The number of aliphatic hydroxyl groups excluding tert-OH is 6. The second kappa shape index (κ2) is 44.6. The van der Waals surface area contributed by atoms with Gasteiger partial charge in [-0.05, 0) is 104 Å². The van der Waals surface area contributed by atoms with Crippen molar-refractivity contribution in [2.45, 2.75) is 250 Å². The number of rotatable bonds is 21. The van der Waals surface area contributed by atoms with Crippen LogP contribution in [0, 0.1) is 35.5 Å². The van der Waals surface area contributed by atoms with Crippen molar-refractivity contribution in [1.29, 1.82) is 0 Å². The van der Waals surface area contributed by atoms with Gasteiger partial charge in [0.2, 0.25) is 0 Å². The van der Waals surface area contributed by atoms with Gasteiger partial charge in [-0.2, -0.15) is 0 Å². The summed E-state index contributed by atoms with van der Waals surface area (Å²) in [5, 5.41) is 55.8. The van der Waals surface area contributed by atoms with Gasteiger partial charge in [0.25, 0.3) is 0 Å². The van der Waals surface area contributed by atoms with Crippen molar-refractivity contribution in [3.8, 4) is 0 Å². The average Bonchev–Trinajstić information content (AvgIpc) is 2.48. The fraction of sp³-hybridized carbons (Fsp3) is 1.00. The molecule has 6 N–H and O–H groups in total. The van der Waals surface area contributed by atoms with Gasteiger partial charge < -0.3 is 116 Å². The summed E-state index contributed by atoms with van der Waals surface area (Å²) >= 11 is 0. The highest BCUT2D eigenvalue weighted by molar-refractivity contribution is 4.95. The van der Waals surface area contributed by atoms with Gasteiger partial charge >= 0.3 is 0 Å². The summed E-state index contributed by atoms with van der Waals surface area (Å²) in [4.78, 5) is 0. The lowest BCUT2D eigenvalue weighted by molar-refractivity contribution is -0.218. The lowest BCUT2D eigenvalue weighted by Crippen LogP contribution is -2.55. The fourth-order valence-electron chi connectivity index (χ4n) is 13.4. The van der Waals surface area contributed by atoms with Crippen molar-refractivity contribution in [3.05, 3.63) is 0 Å². The van der Waals surface area contributed by atoms with Crippen molar-refractivity contribution in [2.24, 2.45) is 35.5 Å². The predicted molar refractivity (Wildman–Crippen MR) is 327 cm³/mol. The van der Waals surface area contributed by atoms with Crippen molar-refractivity contribution in [2.75, 3.05) is 123 Å². The van der Waals surface area contributed by atoms with E-state index in [4.69, 9.17) is 85.3 Å². The Morgan fingerprint density at radius 1 is 0.207 bits per heavy atom. The topological polar surface area (TPSA) is 288 Å². The Morgan fingerprint density at radius 3 is 0.448 bits per heavy atom. The van der Waals surface area contributed by atoms with Crippen LogP contribution in [0.1, 0.15) is 104 Å². The zero-order valence-corrected chi connectivity index (χ0v) is 57.7. The Balaban J connectivity index is 0.000000522. The third kappa shape index (κ3) is 23.5. The van der Waals surface area contributed by atoms with Gasteiger partial charge in [-0.1, -0.05) is 0 Å². The third-order valence-electron chi connectivity index (χ3n) is 18.2. The maximum atomic E-state index is 9.34. The largest absolute Gasteiger partial charge is 0.396 e. The second-order valence-corrected chi connectivity index (χ2v) is 23.4. The Kier molecular flexibility index (Phi) is 43.1. The summed E-state index contributed by atoms with van der Waals surface area (Å²) in [5.74, 6) is -0.0632. The minimum Gasteiger partial charge on any atom is -0.396 e. The highest BCUT2D eigenvalue weighted by Gasteiger charge is 2.48. The molecule has 24 heteroatoms. The molecule has 0 aromatic carbocycles. The minimum absolute atomic E-state index is 0.00255. The number of ether oxygens (including phenoxy) is 18. The molecule has 0 spiro atoms. The van der Waals surface area contributed by atoms with Gasteiger partial charge in [-0.3, -0.25) is 0 Å². The van der Waals surface area contributed by atoms with Crippen LogP contribution in [0.4, 0.5) is 0 Å². The van der Waals surface area contributed by atoms with Gasteiger partial charge in [0.15, 0.2) is 0 Å². The molecule has 6 heterocycles. The van der Waals surface area contributed by atoms with Gasteiger partial charge in [0.05, 0.1) is 150 Å². The quantitative estimate of drug-likeness (QED) is 0.0954. The van der Waals surface area contributed by atoms with E-state index in [-0.39, 0.29) is 222 Å². The second-order valence-electron chi connectivity index (χ2n) is 23.4. The summed E-state index contributed by atoms with van der Waals surface area (Å²) < 4.78 is 99.4. The van der Waals surface area contributed by atoms with E-state index in [9.17, 15) is 30.6 Å². The molecule has 522 valence electrons. The molecular weight excluding hydrogens is 1140 g/mol. The third-order valence-corrected chi connectivity index (χ3v) is 18.2. The normalized spacial score (nSPS) is 42.8. The molecule has 2 unspecified atom stereocenters. The van der Waals surface area contributed by atoms with Crippen LogP contribution in [0.3, 0.4) is 0 Å². The molecule has 0 amide bonds. The molecule has 0 aliphatic carbocycles. The Labute approximate surface area is 523 Å². The molecule has 0 aromatic rings. The summed E-state index contributed by atoms with van der Waals surface area (Å²) in [6, 6.07) is 0. The van der Waals surface area contributed by atoms with Gasteiger partial charge in [-0.15, -0.1) is 0 Å². The van der Waals surface area contributed by atoms with Crippen LogP contribution < -0.4 is 0 Å². The van der Waals surface area contributed by atoms with Crippen LogP contribution in [0.25, 0.3) is 0 Å². The van der Waals surface area contributed by atoms with Crippen molar-refractivity contribution in [3.63, 3.8) is 0 Å². The molecule has 6 fully saturated rings. The predicted octanol–water partition coefficient (Wildman–Crippen LogP) is 3.76. The van der Waals surface area contributed by atoms with E-state index in [1.54, 1.807) is 64.0 Å². The lowest BCUT2D eigenvalue weighted by atomic mass is 9.88. The van der Waals surface area contributed by atoms with E-state index in [2.05, 4.69) is 0 Å². The minimum atomic E-state index is -0.103. The zero-order chi connectivity index (χ0) is 66.4. The number of methoxy groups -OCH3 is 9. The first kappa shape index (κ1) is 84.1. The van der Waals surface area contributed by atoms with Crippen molar-refractivity contribution >= 4 is 0 Å². The first-order valence-corrected chi connectivity index (χ1v) is 31.6. The van der Waals surface area contributed by atoms with Crippen LogP contribution in [-0.2, 0) is 85.3 Å². The van der Waals surface area contributed by atoms with E-state index >= 15 is 0 Å². The van der Waals surface area contributed by atoms with E-state index in [0.717, 1.165) is 0 Å². The molecule has 24 nitrogen and oxygen atoms in total. The number of aliphatic hydroxyl groups is 6. The molecule has 0 bridgehead atoms. The molecular formula is C63H126O24. The SMILES string of the molecule is CCO[C@@H]1[C@@H](OC)[C@H](C)OC(C)[C@@H]1CO.CCO[C@H]1[C@@H](CO)[C@@H](C)O[C@@H](C)[C@@H]1OC.CCO[C@H]1[C@@H](CO)[C@H](C)O[C@@H](C)[C@@H]1OC.CO[C@@H]1[C@@H](OC)[C@@H](CO)C(C)O[C@H]1C.CO[C@@H]1[C@@H](OC)[C@@H](CO)[C@@H](C)O[C@H]1C.CO[C@@H]1[C@@H](OC)[C@@H](CO)[C@H](C)O[C@H]1C. The van der Waals surface area contributed by atoms with Crippen molar-refractivity contribution < 1.29 is 116 Å². The summed E-state index contributed by atoms with van der Waals surface area (Å²) in [7, 11) is 14.8. The van der Waals surface area contributed by atoms with Crippen LogP contribution in [0.15, 0.2) is 0 Å². The molecule has 0 aromatic heterocycles. The molecule has 6 aliphatic rings. The van der Waals surface area contributed by atoms with E-state index in [1.165, 1.54) is 0 Å². The van der Waals surface area contributed by atoms with Crippen LogP contribution >= 0.6 is 0 Å². The smallest absolute Gasteiger partial charge is 0.110 e. The Morgan fingerprint density at radius 2 is 0.333 bits per heavy atom. The van der Waals surface area contributed by atoms with E-state index in [1.807, 2.05) is 104 Å². The van der Waals surface area contributed by atoms with Crippen LogP contribution in [-0.4, -0.2) is 301 Å². The molecule has 0 radical (unpaired) electrons. The maximum Gasteiger partial charge on any atom is 0.110 e. The molecule has 6 saturated heterocycles. The maximum absolute atomic E-state index is 9.34. The van der Waals surface area contributed by atoms with Gasteiger partial charge in [0, 0.05) is 119 Å². The number of hydrogen-bond donors (Lipinski definition) is 6. The van der Waals surface area contributed by atoms with Crippen molar-refractivity contribution in [1.82, 2.24) is 0 Å². The first-order valence-electron chi connectivity index (χ1n) is 31.6. The standard InChI is InChI=1S/3C11H22O4.3C10H20O4/c3*1-5-14-11-9(6-12)7(2)15-8(3)10(11)13-4;3*1-6-8(5-11)10(13-4)9(12-3)7(2)14-6/h3*7-12H,5-6H2,1-4H3;3*6-11H,5H2,1-4H3/t7?,8-,9-,10-,11-;7-,8+,9+,10+,11+;7-,8-,9-,10-,11-;6?,7-,8-,9-,10-;6-,7+,8+,9+,10+;6-,7-,8-,9-,10-/m010010/s1. The lowest BCUT2D eigenvalue weighted by Gasteiger charge is -2.43. The first-order chi connectivity index (χ1) is 41.4. The molecule has 30 atom stereocenters. The number of hydrogen-bond acceptors (Lipinski definition) is 24. The molecule has 0 saturated carbocycles. The average molecular weight is 1270 g/mol. The Hall–Kier alpha value is -0.960. The Bertz CT molecular complexity index is 1400. The molecule has 6 rings (SSSR count). The monoisotopic (exact) mass is 1270 g/mol. The highest BCUT2D eigenvalue weighted by Crippen LogP contribution is 2.35. The zero-order valence-electron chi connectivity index (χ0n) is 57.7. The van der Waals surface area contributed by atoms with E-state index < -0.39 is 0 Å². The molecule has 87 heavy (non-hydrogen) atoms. The van der Waals surface area contributed by atoms with Crippen LogP contribution in [0.2, 0.25) is 0 Å².